The molecule has 1 aromatic carbocycles. The van der Waals surface area contributed by atoms with Crippen LogP contribution >= 0.6 is 0 Å². The second-order valence-electron chi connectivity index (χ2n) is 6.13. The molecule has 130 valence electrons. The molecule has 0 saturated carbocycles. The Morgan fingerprint density at radius 1 is 1.33 bits per heavy atom. The summed E-state index contributed by atoms with van der Waals surface area (Å²) in [5.74, 6) is 0.579. The fourth-order valence-corrected chi connectivity index (χ4v) is 2.15. The molecule has 0 aliphatic rings. The van der Waals surface area contributed by atoms with Gasteiger partial charge in [-0.3, -0.25) is 4.79 Å². The summed E-state index contributed by atoms with van der Waals surface area (Å²) in [5, 5.41) is 12.1. The van der Waals surface area contributed by atoms with E-state index in [4.69, 9.17) is 9.47 Å². The first-order chi connectivity index (χ1) is 11.3. The largest absolute Gasteiger partial charge is 0.497 e. The average molecular weight is 331 g/mol. The molecule has 0 atom stereocenters. The predicted octanol–water partition coefficient (Wildman–Crippen LogP) is 3.17. The summed E-state index contributed by atoms with van der Waals surface area (Å²) >= 11 is 0. The van der Waals surface area contributed by atoms with E-state index < -0.39 is 5.91 Å². The molecule has 0 radical (unpaired) electrons. The van der Waals surface area contributed by atoms with Crippen molar-refractivity contribution in [1.82, 2.24) is 4.90 Å². The third-order valence-electron chi connectivity index (χ3n) is 3.51. The van der Waals surface area contributed by atoms with E-state index in [9.17, 15) is 10.1 Å². The van der Waals surface area contributed by atoms with Crippen molar-refractivity contribution in [2.75, 3.05) is 26.1 Å². The summed E-state index contributed by atoms with van der Waals surface area (Å²) in [6.45, 7) is 8.71. The number of nitrogens with one attached hydrogen (secondary N) is 1. The highest BCUT2D eigenvalue weighted by atomic mass is 16.5. The van der Waals surface area contributed by atoms with E-state index in [2.05, 4.69) is 5.32 Å². The van der Waals surface area contributed by atoms with E-state index in [0.29, 0.717) is 23.7 Å². The molecule has 1 rings (SSSR count). The summed E-state index contributed by atoms with van der Waals surface area (Å²) in [7, 11) is 3.05. The number of carbonyl (C=O) groups is 1. The lowest BCUT2D eigenvalue weighted by molar-refractivity contribution is -0.112. The van der Waals surface area contributed by atoms with Gasteiger partial charge in [-0.25, -0.2) is 0 Å². The molecule has 6 heteroatoms. The predicted molar refractivity (Wildman–Crippen MR) is 94.0 cm³/mol. The van der Waals surface area contributed by atoms with E-state index in [0.717, 1.165) is 0 Å². The summed E-state index contributed by atoms with van der Waals surface area (Å²) in [6.07, 6.45) is 1.59. The Morgan fingerprint density at radius 3 is 2.46 bits per heavy atom. The van der Waals surface area contributed by atoms with Crippen LogP contribution < -0.4 is 14.8 Å². The maximum absolute atomic E-state index is 12.5. The van der Waals surface area contributed by atoms with E-state index in [1.54, 1.807) is 24.4 Å². The zero-order valence-corrected chi connectivity index (χ0v) is 15.1. The van der Waals surface area contributed by atoms with Gasteiger partial charge in [0, 0.05) is 24.4 Å². The molecule has 0 unspecified atom stereocenters. The molecule has 0 bridgehead atoms. The molecule has 1 aromatic rings. The first-order valence-electron chi connectivity index (χ1n) is 7.68. The number of carbonyl (C=O) groups excluding carboxylic acids is 1. The zero-order chi connectivity index (χ0) is 18.3. The summed E-state index contributed by atoms with van der Waals surface area (Å²) in [4.78, 5) is 14.4. The van der Waals surface area contributed by atoms with Gasteiger partial charge in [0.05, 0.1) is 19.9 Å². The number of rotatable bonds is 6. The van der Waals surface area contributed by atoms with E-state index >= 15 is 0 Å². The maximum Gasteiger partial charge on any atom is 0.267 e. The Labute approximate surface area is 143 Å². The molecule has 0 aromatic heterocycles. The summed E-state index contributed by atoms with van der Waals surface area (Å²) < 4.78 is 10.4. The van der Waals surface area contributed by atoms with Crippen LogP contribution in [0.15, 0.2) is 30.0 Å². The molecule has 24 heavy (non-hydrogen) atoms. The molecule has 0 heterocycles. The Hall–Kier alpha value is -2.68. The Kier molecular flexibility index (Phi) is 6.66. The number of amides is 1. The molecular weight excluding hydrogens is 306 g/mol. The highest BCUT2D eigenvalue weighted by Crippen LogP contribution is 2.29. The molecular formula is C18H25N3O3. The Balaban J connectivity index is 3.10. The minimum absolute atomic E-state index is 0.0247. The van der Waals surface area contributed by atoms with Crippen molar-refractivity contribution < 1.29 is 14.3 Å². The fraction of sp³-hybridized carbons (Fsp3) is 0.444. The molecule has 0 saturated heterocycles. The number of benzene rings is 1. The van der Waals surface area contributed by atoms with Crippen molar-refractivity contribution in [3.05, 3.63) is 30.0 Å². The van der Waals surface area contributed by atoms with Gasteiger partial charge in [0.15, 0.2) is 0 Å². The molecule has 0 fully saturated rings. The first-order valence-corrected chi connectivity index (χ1v) is 7.68. The van der Waals surface area contributed by atoms with Crippen LogP contribution in [-0.2, 0) is 4.79 Å². The average Bonchev–Trinajstić information content (AvgIpc) is 2.54. The van der Waals surface area contributed by atoms with Gasteiger partial charge in [-0.05, 0) is 39.8 Å². The number of hydrogen-bond donors (Lipinski definition) is 1. The number of nitrogens with zero attached hydrogens (tertiary/aromatic N) is 2. The third-order valence-corrected chi connectivity index (χ3v) is 3.51. The van der Waals surface area contributed by atoms with Crippen LogP contribution in [0.3, 0.4) is 0 Å². The van der Waals surface area contributed by atoms with Crippen LogP contribution in [-0.4, -0.2) is 37.1 Å². The first kappa shape index (κ1) is 19.4. The van der Waals surface area contributed by atoms with Crippen LogP contribution in [0.4, 0.5) is 5.69 Å². The van der Waals surface area contributed by atoms with Crippen molar-refractivity contribution in [3.8, 4) is 17.6 Å². The normalized spacial score (nSPS) is 11.5. The van der Waals surface area contributed by atoms with Crippen LogP contribution in [0.5, 0.6) is 11.5 Å². The minimum Gasteiger partial charge on any atom is -0.497 e. The fourth-order valence-electron chi connectivity index (χ4n) is 2.15. The number of hydrogen-bond acceptors (Lipinski definition) is 5. The lowest BCUT2D eigenvalue weighted by Crippen LogP contribution is -2.37. The van der Waals surface area contributed by atoms with Gasteiger partial charge in [-0.1, -0.05) is 0 Å². The summed E-state index contributed by atoms with van der Waals surface area (Å²) in [5.41, 5.74) is 0.281. The number of ether oxygens (including phenoxy) is 2. The monoisotopic (exact) mass is 331 g/mol. The van der Waals surface area contributed by atoms with Gasteiger partial charge < -0.3 is 19.7 Å². The van der Waals surface area contributed by atoms with Crippen LogP contribution in [0.25, 0.3) is 0 Å². The van der Waals surface area contributed by atoms with E-state index in [1.807, 2.05) is 38.7 Å². The van der Waals surface area contributed by atoms with Crippen molar-refractivity contribution in [1.29, 1.82) is 5.26 Å². The highest BCUT2D eigenvalue weighted by molar-refractivity contribution is 6.07. The summed E-state index contributed by atoms with van der Waals surface area (Å²) in [6, 6.07) is 7.03. The quantitative estimate of drug-likeness (QED) is 0.640. The van der Waals surface area contributed by atoms with E-state index in [1.165, 1.54) is 14.2 Å². The molecule has 1 N–H and O–H groups in total. The topological polar surface area (TPSA) is 74.6 Å². The smallest absolute Gasteiger partial charge is 0.267 e. The Bertz CT molecular complexity index is 654. The molecule has 0 aliphatic carbocycles. The molecule has 0 spiro atoms. The molecule has 0 aliphatic heterocycles. The van der Waals surface area contributed by atoms with Crippen molar-refractivity contribution in [2.45, 2.75) is 33.2 Å². The lowest BCUT2D eigenvalue weighted by atomic mass is 10.1. The maximum atomic E-state index is 12.5. The van der Waals surface area contributed by atoms with Crippen LogP contribution in [0.2, 0.25) is 0 Å². The zero-order valence-electron chi connectivity index (χ0n) is 15.1. The number of nitriles is 1. The van der Waals surface area contributed by atoms with Gasteiger partial charge in [-0.2, -0.15) is 5.26 Å². The van der Waals surface area contributed by atoms with E-state index in [-0.39, 0.29) is 11.1 Å². The third kappa shape index (κ3) is 4.92. The number of anilines is 1. The second kappa shape index (κ2) is 8.25. The van der Waals surface area contributed by atoms with Gasteiger partial charge in [0.2, 0.25) is 0 Å². The van der Waals surface area contributed by atoms with Crippen molar-refractivity contribution >= 4 is 11.6 Å². The van der Waals surface area contributed by atoms with Crippen LogP contribution in [0.1, 0.15) is 27.7 Å². The standard InChI is InChI=1S/C18H25N3O3/c1-7-21(18(2,3)4)12-13(11-19)17(22)20-15-10-14(23-5)8-9-16(15)24-6/h8-10,12H,7H2,1-6H3,(H,20,22)/b13-12-. The minimum atomic E-state index is -0.494. The number of methoxy groups -OCH3 is 2. The van der Waals surface area contributed by atoms with Gasteiger partial charge in [-0.15, -0.1) is 0 Å². The Morgan fingerprint density at radius 2 is 2.00 bits per heavy atom. The van der Waals surface area contributed by atoms with Gasteiger partial charge in [0.25, 0.3) is 5.91 Å². The molecule has 1 amide bonds. The van der Waals surface area contributed by atoms with Crippen LogP contribution in [0, 0.1) is 11.3 Å². The van der Waals surface area contributed by atoms with Gasteiger partial charge in [0.1, 0.15) is 23.1 Å². The van der Waals surface area contributed by atoms with Crippen molar-refractivity contribution in [3.63, 3.8) is 0 Å². The van der Waals surface area contributed by atoms with Gasteiger partial charge >= 0.3 is 0 Å². The SMILES string of the molecule is CCN(/C=C(/C#N)C(=O)Nc1cc(OC)ccc1OC)C(C)(C)C. The molecule has 6 nitrogen and oxygen atoms in total. The van der Waals surface area contributed by atoms with Crippen molar-refractivity contribution in [2.24, 2.45) is 0 Å². The second-order valence-corrected chi connectivity index (χ2v) is 6.13. The highest BCUT2D eigenvalue weighted by Gasteiger charge is 2.20. The lowest BCUT2D eigenvalue weighted by Gasteiger charge is -2.33.